The van der Waals surface area contributed by atoms with E-state index in [9.17, 15) is 14.7 Å². The number of nitrogens with one attached hydrogen (secondary N) is 1. The molecular formula is C18H25NO3S. The van der Waals surface area contributed by atoms with Gasteiger partial charge in [-0.15, -0.1) is 11.3 Å². The molecule has 5 heteroatoms. The quantitative estimate of drug-likeness (QED) is 0.825. The minimum atomic E-state index is -0.910. The third-order valence-electron chi connectivity index (χ3n) is 5.14. The molecule has 1 heterocycles. The van der Waals surface area contributed by atoms with Gasteiger partial charge in [0.15, 0.2) is 0 Å². The first-order valence-electron chi connectivity index (χ1n) is 8.83. The van der Waals surface area contributed by atoms with Gasteiger partial charge in [0, 0.05) is 11.3 Å². The Morgan fingerprint density at radius 3 is 2.57 bits per heavy atom. The summed E-state index contributed by atoms with van der Waals surface area (Å²) in [5.74, 6) is -0.270. The Morgan fingerprint density at radius 2 is 1.83 bits per heavy atom. The highest BCUT2D eigenvalue weighted by atomic mass is 32.1. The minimum Gasteiger partial charge on any atom is -0.478 e. The monoisotopic (exact) mass is 335 g/mol. The van der Waals surface area contributed by atoms with Crippen LogP contribution in [0.3, 0.4) is 0 Å². The topological polar surface area (TPSA) is 66.4 Å². The molecule has 0 bridgehead atoms. The van der Waals surface area contributed by atoms with E-state index in [-0.39, 0.29) is 5.91 Å². The lowest BCUT2D eigenvalue weighted by Gasteiger charge is -2.20. The lowest BCUT2D eigenvalue weighted by molar-refractivity contribution is -0.116. The third kappa shape index (κ3) is 3.94. The fourth-order valence-electron chi connectivity index (χ4n) is 3.88. The van der Waals surface area contributed by atoms with Gasteiger partial charge < -0.3 is 10.4 Å². The molecule has 1 aromatic rings. The second kappa shape index (κ2) is 7.47. The van der Waals surface area contributed by atoms with Gasteiger partial charge in [-0.2, -0.15) is 0 Å². The van der Waals surface area contributed by atoms with E-state index in [0.717, 1.165) is 42.5 Å². The SMILES string of the molecule is O=C(CCC1CCCCC1)Nc1sc2c(c1C(=O)O)CCCC2. The molecule has 0 aliphatic heterocycles. The summed E-state index contributed by atoms with van der Waals surface area (Å²) >= 11 is 1.47. The predicted molar refractivity (Wildman–Crippen MR) is 92.4 cm³/mol. The molecule has 3 rings (SSSR count). The standard InChI is InChI=1S/C18H25NO3S/c20-15(11-10-12-6-2-1-3-7-12)19-17-16(18(21)22)13-8-4-5-9-14(13)23-17/h12H,1-11H2,(H,19,20)(H,21,22). The van der Waals surface area contributed by atoms with Crippen LogP contribution in [0.15, 0.2) is 0 Å². The van der Waals surface area contributed by atoms with Crippen LogP contribution in [0.5, 0.6) is 0 Å². The number of carbonyl (C=O) groups is 2. The molecular weight excluding hydrogens is 310 g/mol. The molecule has 2 N–H and O–H groups in total. The number of carboxylic acids is 1. The Kier molecular flexibility index (Phi) is 5.36. The first kappa shape index (κ1) is 16.5. The predicted octanol–water partition coefficient (Wildman–Crippen LogP) is 4.62. The van der Waals surface area contributed by atoms with Crippen LogP contribution in [0.1, 0.15) is 78.6 Å². The van der Waals surface area contributed by atoms with Gasteiger partial charge in [0.2, 0.25) is 5.91 Å². The van der Waals surface area contributed by atoms with Gasteiger partial charge in [-0.3, -0.25) is 4.79 Å². The molecule has 0 spiro atoms. The zero-order chi connectivity index (χ0) is 16.2. The second-order valence-corrected chi connectivity index (χ2v) is 7.92. The fraction of sp³-hybridized carbons (Fsp3) is 0.667. The summed E-state index contributed by atoms with van der Waals surface area (Å²) in [7, 11) is 0. The molecule has 0 aromatic carbocycles. The minimum absolute atomic E-state index is 0.0309. The maximum Gasteiger partial charge on any atom is 0.339 e. The van der Waals surface area contributed by atoms with Gasteiger partial charge in [-0.25, -0.2) is 4.79 Å². The van der Waals surface area contributed by atoms with Crippen molar-refractivity contribution >= 4 is 28.2 Å². The molecule has 2 aliphatic rings. The first-order chi connectivity index (χ1) is 11.1. The Bertz CT molecular complexity index is 587. The number of fused-ring (bicyclic) bond motifs is 1. The van der Waals surface area contributed by atoms with Crippen molar-refractivity contribution in [2.75, 3.05) is 5.32 Å². The van der Waals surface area contributed by atoms with Crippen LogP contribution in [-0.4, -0.2) is 17.0 Å². The zero-order valence-corrected chi connectivity index (χ0v) is 14.3. The van der Waals surface area contributed by atoms with Crippen molar-refractivity contribution in [3.8, 4) is 0 Å². The number of rotatable bonds is 5. The molecule has 126 valence electrons. The van der Waals surface area contributed by atoms with Gasteiger partial charge in [0.25, 0.3) is 0 Å². The van der Waals surface area contributed by atoms with Crippen LogP contribution in [0.2, 0.25) is 0 Å². The first-order valence-corrected chi connectivity index (χ1v) is 9.64. The number of carboxylic acid groups (broad SMARTS) is 1. The third-order valence-corrected chi connectivity index (χ3v) is 6.35. The molecule has 2 aliphatic carbocycles. The number of thiophene rings is 1. The molecule has 23 heavy (non-hydrogen) atoms. The Morgan fingerprint density at radius 1 is 1.09 bits per heavy atom. The Balaban J connectivity index is 1.63. The highest BCUT2D eigenvalue weighted by Gasteiger charge is 2.26. The van der Waals surface area contributed by atoms with Crippen molar-refractivity contribution in [3.63, 3.8) is 0 Å². The van der Waals surface area contributed by atoms with E-state index in [1.54, 1.807) is 0 Å². The summed E-state index contributed by atoms with van der Waals surface area (Å²) in [5, 5.41) is 13.0. The molecule has 0 unspecified atom stereocenters. The number of carbonyl (C=O) groups excluding carboxylic acids is 1. The average Bonchev–Trinajstić information content (AvgIpc) is 2.91. The van der Waals surface area contributed by atoms with E-state index in [1.165, 1.54) is 43.4 Å². The van der Waals surface area contributed by atoms with Crippen molar-refractivity contribution in [3.05, 3.63) is 16.0 Å². The van der Waals surface area contributed by atoms with Crippen molar-refractivity contribution in [2.45, 2.75) is 70.6 Å². The van der Waals surface area contributed by atoms with Crippen molar-refractivity contribution in [2.24, 2.45) is 5.92 Å². The van der Waals surface area contributed by atoms with Crippen molar-refractivity contribution in [1.29, 1.82) is 0 Å². The van der Waals surface area contributed by atoms with Crippen LogP contribution in [0.4, 0.5) is 5.00 Å². The van der Waals surface area contributed by atoms with E-state index in [4.69, 9.17) is 0 Å². The van der Waals surface area contributed by atoms with Crippen LogP contribution < -0.4 is 5.32 Å². The highest BCUT2D eigenvalue weighted by molar-refractivity contribution is 7.17. The lowest BCUT2D eigenvalue weighted by Crippen LogP contribution is -2.16. The summed E-state index contributed by atoms with van der Waals surface area (Å²) in [6.45, 7) is 0. The fourth-order valence-corrected chi connectivity index (χ4v) is 5.18. The normalized spacial score (nSPS) is 18.4. The highest BCUT2D eigenvalue weighted by Crippen LogP contribution is 2.38. The summed E-state index contributed by atoms with van der Waals surface area (Å²) in [6.07, 6.45) is 11.7. The molecule has 0 atom stereocenters. The lowest BCUT2D eigenvalue weighted by atomic mass is 9.86. The van der Waals surface area contributed by atoms with Gasteiger partial charge in [0.1, 0.15) is 5.00 Å². The number of hydrogen-bond acceptors (Lipinski definition) is 3. The summed E-state index contributed by atoms with van der Waals surface area (Å²) in [6, 6.07) is 0. The average molecular weight is 335 g/mol. The summed E-state index contributed by atoms with van der Waals surface area (Å²) in [4.78, 5) is 25.0. The van der Waals surface area contributed by atoms with Crippen LogP contribution in [-0.2, 0) is 17.6 Å². The largest absolute Gasteiger partial charge is 0.478 e. The smallest absolute Gasteiger partial charge is 0.339 e. The molecule has 0 saturated heterocycles. The van der Waals surface area contributed by atoms with Crippen LogP contribution in [0.25, 0.3) is 0 Å². The maximum absolute atomic E-state index is 12.2. The van der Waals surface area contributed by atoms with Crippen LogP contribution >= 0.6 is 11.3 Å². The van der Waals surface area contributed by atoms with Crippen LogP contribution in [0, 0.1) is 5.92 Å². The van der Waals surface area contributed by atoms with E-state index in [0.29, 0.717) is 22.9 Å². The molecule has 0 radical (unpaired) electrons. The number of anilines is 1. The summed E-state index contributed by atoms with van der Waals surface area (Å²) < 4.78 is 0. The van der Waals surface area contributed by atoms with E-state index >= 15 is 0 Å². The van der Waals surface area contributed by atoms with Crippen molar-refractivity contribution < 1.29 is 14.7 Å². The number of aryl methyl sites for hydroxylation is 1. The molecule has 1 aromatic heterocycles. The number of hydrogen-bond donors (Lipinski definition) is 2. The maximum atomic E-state index is 12.2. The molecule has 1 saturated carbocycles. The number of aromatic carboxylic acids is 1. The second-order valence-electron chi connectivity index (χ2n) is 6.81. The molecule has 4 nitrogen and oxygen atoms in total. The van der Waals surface area contributed by atoms with Gasteiger partial charge in [-0.05, 0) is 43.6 Å². The van der Waals surface area contributed by atoms with E-state index < -0.39 is 5.97 Å². The van der Waals surface area contributed by atoms with Gasteiger partial charge >= 0.3 is 5.97 Å². The van der Waals surface area contributed by atoms with E-state index in [1.807, 2.05) is 0 Å². The van der Waals surface area contributed by atoms with Crippen molar-refractivity contribution in [1.82, 2.24) is 0 Å². The zero-order valence-electron chi connectivity index (χ0n) is 13.5. The number of amides is 1. The Labute approximate surface area is 141 Å². The van der Waals surface area contributed by atoms with E-state index in [2.05, 4.69) is 5.32 Å². The summed E-state index contributed by atoms with van der Waals surface area (Å²) in [5.41, 5.74) is 1.30. The van der Waals surface area contributed by atoms with Gasteiger partial charge in [-0.1, -0.05) is 32.1 Å². The molecule has 1 amide bonds. The Hall–Kier alpha value is -1.36. The van der Waals surface area contributed by atoms with Gasteiger partial charge in [0.05, 0.1) is 5.56 Å². The molecule has 1 fully saturated rings.